The Morgan fingerprint density at radius 2 is 2.46 bits per heavy atom. The zero-order chi connectivity index (χ0) is 9.42. The van der Waals surface area contributed by atoms with Gasteiger partial charge >= 0.3 is 85.2 Å². The van der Waals surface area contributed by atoms with E-state index in [0.717, 1.165) is 0 Å². The molecule has 13 heavy (non-hydrogen) atoms. The summed E-state index contributed by atoms with van der Waals surface area (Å²) in [5, 5.41) is 10.8. The molecular weight excluding hydrogens is 260 g/mol. The molecule has 0 aromatic carbocycles. The van der Waals surface area contributed by atoms with Crippen LogP contribution in [-0.4, -0.2) is 24.2 Å². The van der Waals surface area contributed by atoms with E-state index >= 15 is 0 Å². The third-order valence-corrected chi connectivity index (χ3v) is 3.45. The van der Waals surface area contributed by atoms with Crippen molar-refractivity contribution in [2.75, 3.05) is 0 Å². The zero-order valence-electron chi connectivity index (χ0n) is 6.23. The van der Waals surface area contributed by atoms with Gasteiger partial charge in [0.1, 0.15) is 0 Å². The maximum absolute atomic E-state index is 10.6. The SMILES string of the molecule is O=[N+]([O-])C1=C(Cl)C=CN2[Se]NC=C12. The average molecular weight is 265 g/mol. The quantitative estimate of drug-likeness (QED) is 0.426. The van der Waals surface area contributed by atoms with Crippen LogP contribution in [0.15, 0.2) is 34.9 Å². The molecule has 0 saturated heterocycles. The van der Waals surface area contributed by atoms with Crippen LogP contribution < -0.4 is 4.33 Å². The van der Waals surface area contributed by atoms with Crippen molar-refractivity contribution < 1.29 is 4.92 Å². The first kappa shape index (κ1) is 8.62. The van der Waals surface area contributed by atoms with E-state index in [-0.39, 0.29) is 26.1 Å². The second-order valence-electron chi connectivity index (χ2n) is 2.33. The van der Waals surface area contributed by atoms with Gasteiger partial charge in [-0.3, -0.25) is 0 Å². The molecule has 0 bridgehead atoms. The third kappa shape index (κ3) is 1.33. The number of halogens is 1. The minimum absolute atomic E-state index is 0.0185. The van der Waals surface area contributed by atoms with Crippen molar-refractivity contribution in [3.8, 4) is 0 Å². The number of nitrogens with one attached hydrogen (secondary N) is 1. The van der Waals surface area contributed by atoms with Crippen LogP contribution >= 0.6 is 11.6 Å². The molecule has 2 aliphatic rings. The maximum atomic E-state index is 10.6. The Hall–Kier alpha value is -0.971. The van der Waals surface area contributed by atoms with Crippen LogP contribution in [0, 0.1) is 10.1 Å². The van der Waals surface area contributed by atoms with Crippen LogP contribution in [0.4, 0.5) is 0 Å². The first-order valence-electron chi connectivity index (χ1n) is 3.35. The molecule has 0 fully saturated rings. The van der Waals surface area contributed by atoms with Gasteiger partial charge in [-0.25, -0.2) is 0 Å². The van der Waals surface area contributed by atoms with E-state index in [0.29, 0.717) is 5.70 Å². The van der Waals surface area contributed by atoms with Crippen LogP contribution in [0.1, 0.15) is 0 Å². The van der Waals surface area contributed by atoms with Gasteiger partial charge in [-0.05, 0) is 0 Å². The topological polar surface area (TPSA) is 58.4 Å². The summed E-state index contributed by atoms with van der Waals surface area (Å²) in [6.07, 6.45) is 4.89. The Morgan fingerprint density at radius 1 is 1.69 bits per heavy atom. The van der Waals surface area contributed by atoms with E-state index < -0.39 is 4.92 Å². The molecule has 0 aliphatic carbocycles. The Morgan fingerprint density at radius 3 is 3.15 bits per heavy atom. The second-order valence-corrected chi connectivity index (χ2v) is 4.44. The summed E-state index contributed by atoms with van der Waals surface area (Å²) < 4.78 is 4.74. The summed E-state index contributed by atoms with van der Waals surface area (Å²) in [5.41, 5.74) is 0.508. The van der Waals surface area contributed by atoms with Gasteiger partial charge in [-0.1, -0.05) is 0 Å². The summed E-state index contributed by atoms with van der Waals surface area (Å²) in [6.45, 7) is 0. The molecule has 2 rings (SSSR count). The van der Waals surface area contributed by atoms with Crippen LogP contribution in [0.25, 0.3) is 0 Å². The molecule has 0 unspecified atom stereocenters. The fourth-order valence-corrected chi connectivity index (χ4v) is 2.61. The summed E-state index contributed by atoms with van der Waals surface area (Å²) >= 11 is 5.73. The predicted molar refractivity (Wildman–Crippen MR) is 47.8 cm³/mol. The average Bonchev–Trinajstić information content (AvgIpc) is 2.50. The molecule has 5 nitrogen and oxygen atoms in total. The Labute approximate surface area is 85.5 Å². The van der Waals surface area contributed by atoms with E-state index in [4.69, 9.17) is 11.6 Å². The third-order valence-electron chi connectivity index (χ3n) is 1.59. The molecule has 68 valence electrons. The Balaban J connectivity index is 2.49. The van der Waals surface area contributed by atoms with Crippen LogP contribution in [0.3, 0.4) is 0 Å². The van der Waals surface area contributed by atoms with Gasteiger partial charge in [-0.15, -0.1) is 0 Å². The normalized spacial score (nSPS) is 19.8. The van der Waals surface area contributed by atoms with Gasteiger partial charge in [-0.2, -0.15) is 0 Å². The molecule has 2 aliphatic heterocycles. The van der Waals surface area contributed by atoms with Crippen molar-refractivity contribution in [3.05, 3.63) is 45.0 Å². The molecule has 0 aromatic rings. The Bertz CT molecular complexity index is 363. The molecule has 1 N–H and O–H groups in total. The van der Waals surface area contributed by atoms with E-state index in [9.17, 15) is 10.1 Å². The molecule has 0 radical (unpaired) electrons. The molecule has 7 heteroatoms. The van der Waals surface area contributed by atoms with Gasteiger partial charge in [0, 0.05) is 0 Å². The Kier molecular flexibility index (Phi) is 2.03. The van der Waals surface area contributed by atoms with Gasteiger partial charge in [0.15, 0.2) is 0 Å². The molecule has 0 amide bonds. The fourth-order valence-electron chi connectivity index (χ4n) is 1.05. The van der Waals surface area contributed by atoms with Crippen molar-refractivity contribution in [1.29, 1.82) is 0 Å². The predicted octanol–water partition coefficient (Wildman–Crippen LogP) is 0.522. The van der Waals surface area contributed by atoms with E-state index in [1.807, 2.05) is 0 Å². The van der Waals surface area contributed by atoms with Crippen molar-refractivity contribution in [2.45, 2.75) is 0 Å². The number of nitrogens with zero attached hydrogens (tertiary/aromatic N) is 2. The summed E-state index contributed by atoms with van der Waals surface area (Å²) in [6, 6.07) is 0. The molecule has 0 spiro atoms. The minimum atomic E-state index is -0.465. The van der Waals surface area contributed by atoms with Gasteiger partial charge < -0.3 is 0 Å². The second kappa shape index (κ2) is 3.06. The van der Waals surface area contributed by atoms with E-state index in [1.165, 1.54) is 6.08 Å². The first-order valence-corrected chi connectivity index (χ1v) is 5.35. The first-order chi connectivity index (χ1) is 6.20. The number of nitro groups is 1. The number of rotatable bonds is 1. The summed E-state index contributed by atoms with van der Waals surface area (Å²) in [4.78, 5) is 10.2. The molecule has 2 heterocycles. The van der Waals surface area contributed by atoms with E-state index in [1.54, 1.807) is 16.3 Å². The van der Waals surface area contributed by atoms with Crippen LogP contribution in [0.5, 0.6) is 0 Å². The van der Waals surface area contributed by atoms with Gasteiger partial charge in [0.25, 0.3) is 0 Å². The van der Waals surface area contributed by atoms with Crippen molar-refractivity contribution in [1.82, 2.24) is 8.25 Å². The molecule has 0 atom stereocenters. The zero-order valence-corrected chi connectivity index (χ0v) is 8.70. The van der Waals surface area contributed by atoms with Gasteiger partial charge in [0.2, 0.25) is 0 Å². The van der Waals surface area contributed by atoms with Crippen LogP contribution in [0.2, 0.25) is 0 Å². The van der Waals surface area contributed by atoms with E-state index in [2.05, 4.69) is 4.33 Å². The molecular formula is C6H4ClN3O2Se. The molecule has 0 aromatic heterocycles. The van der Waals surface area contributed by atoms with Crippen LogP contribution in [-0.2, 0) is 0 Å². The number of fused-ring (bicyclic) bond motifs is 1. The fraction of sp³-hybridized carbons (Fsp3) is 0. The summed E-state index contributed by atoms with van der Waals surface area (Å²) in [7, 11) is 0. The van der Waals surface area contributed by atoms with Crippen molar-refractivity contribution >= 4 is 27.0 Å². The number of hydrogen-bond donors (Lipinski definition) is 1. The standard InChI is InChI=1S/C6H4ClN3O2Se/c7-4-1-2-9-5(3-8-13-9)6(4)10(11)12/h1-3,8H. The number of allylic oxidation sites excluding steroid dienone is 2. The summed E-state index contributed by atoms with van der Waals surface area (Å²) in [5.74, 6) is 0. The van der Waals surface area contributed by atoms with Crippen molar-refractivity contribution in [2.24, 2.45) is 0 Å². The van der Waals surface area contributed by atoms with Gasteiger partial charge in [0.05, 0.1) is 0 Å². The molecule has 0 saturated carbocycles. The monoisotopic (exact) mass is 265 g/mol. The van der Waals surface area contributed by atoms with Crippen molar-refractivity contribution in [3.63, 3.8) is 0 Å². The number of hydrogen-bond acceptors (Lipinski definition) is 4.